The number of amides is 1. The fraction of sp³-hybridized carbons (Fsp3) is 0.400. The number of hydrogen-bond donors (Lipinski definition) is 2. The summed E-state index contributed by atoms with van der Waals surface area (Å²) in [5.74, 6) is 5.52. The smallest absolute Gasteiger partial charge is 0.277 e. The molecule has 0 aliphatic carbocycles. The maximum atomic E-state index is 12.9. The zero-order valence-corrected chi connectivity index (χ0v) is 18.6. The summed E-state index contributed by atoms with van der Waals surface area (Å²) in [4.78, 5) is 27.5. The van der Waals surface area contributed by atoms with Crippen LogP contribution < -0.4 is 5.56 Å². The molecule has 0 saturated carbocycles. The van der Waals surface area contributed by atoms with Crippen molar-refractivity contribution in [2.75, 3.05) is 19.7 Å². The molecule has 8 heteroatoms. The van der Waals surface area contributed by atoms with Gasteiger partial charge in [0, 0.05) is 19.5 Å². The van der Waals surface area contributed by atoms with Crippen molar-refractivity contribution in [2.24, 2.45) is 0 Å². The molecule has 0 spiro atoms. The third kappa shape index (κ3) is 5.00. The summed E-state index contributed by atoms with van der Waals surface area (Å²) in [5, 5.41) is 24.3. The summed E-state index contributed by atoms with van der Waals surface area (Å²) < 4.78 is 2.84. The normalized spacial score (nSPS) is 16.3. The van der Waals surface area contributed by atoms with Crippen LogP contribution in [0.25, 0.3) is 5.52 Å². The Morgan fingerprint density at radius 2 is 1.91 bits per heavy atom. The second-order valence-electron chi connectivity index (χ2n) is 8.66. The van der Waals surface area contributed by atoms with Crippen LogP contribution in [0.2, 0.25) is 0 Å². The fourth-order valence-corrected chi connectivity index (χ4v) is 4.30. The van der Waals surface area contributed by atoms with Crippen molar-refractivity contribution < 1.29 is 15.0 Å². The zero-order valence-electron chi connectivity index (χ0n) is 18.6. The standard InChI is InChI=1S/C25H28N4O4/c1-19(20-6-3-2-4-7-20)16-23(31)27-13-11-25(33,12-14-27)17-28-18-26-29-21(8-5-15-30)9-10-22(29)24(28)32/h2-4,6-7,9-10,18-19,30,33H,11-17H2,1H3/t19-/m1/s1. The van der Waals surface area contributed by atoms with Gasteiger partial charge in [0.1, 0.15) is 24.1 Å². The molecular formula is C25H28N4O4. The van der Waals surface area contributed by atoms with Gasteiger partial charge in [-0.3, -0.25) is 14.2 Å². The average molecular weight is 449 g/mol. The SMILES string of the molecule is C[C@H](CC(=O)N1CCC(O)(Cn2cnn3c(C#CCO)ccc3c2=O)CC1)c1ccccc1. The Morgan fingerprint density at radius 3 is 2.61 bits per heavy atom. The van der Waals surface area contributed by atoms with Crippen LogP contribution in [0.4, 0.5) is 0 Å². The summed E-state index contributed by atoms with van der Waals surface area (Å²) >= 11 is 0. The van der Waals surface area contributed by atoms with E-state index in [0.717, 1.165) is 5.56 Å². The topological polar surface area (TPSA) is 100 Å². The van der Waals surface area contributed by atoms with Crippen LogP contribution in [0.5, 0.6) is 0 Å². The van der Waals surface area contributed by atoms with E-state index in [4.69, 9.17) is 5.11 Å². The van der Waals surface area contributed by atoms with Crippen molar-refractivity contribution in [3.63, 3.8) is 0 Å². The summed E-state index contributed by atoms with van der Waals surface area (Å²) in [7, 11) is 0. The van der Waals surface area contributed by atoms with E-state index in [0.29, 0.717) is 43.6 Å². The van der Waals surface area contributed by atoms with Gasteiger partial charge < -0.3 is 15.1 Å². The predicted molar refractivity (Wildman–Crippen MR) is 124 cm³/mol. The number of piperidine rings is 1. The lowest BCUT2D eigenvalue weighted by Crippen LogP contribution is -2.49. The number of likely N-dealkylation sites (tertiary alicyclic amines) is 1. The third-order valence-electron chi connectivity index (χ3n) is 6.30. The maximum absolute atomic E-state index is 12.9. The minimum atomic E-state index is -1.09. The molecule has 3 heterocycles. The minimum Gasteiger partial charge on any atom is -0.388 e. The number of aliphatic hydroxyl groups is 2. The number of aliphatic hydroxyl groups excluding tert-OH is 1. The van der Waals surface area contributed by atoms with Gasteiger partial charge in [-0.25, -0.2) is 4.52 Å². The Labute approximate surface area is 192 Å². The van der Waals surface area contributed by atoms with Gasteiger partial charge >= 0.3 is 0 Å². The molecular weight excluding hydrogens is 420 g/mol. The maximum Gasteiger partial charge on any atom is 0.277 e. The third-order valence-corrected chi connectivity index (χ3v) is 6.30. The Morgan fingerprint density at radius 1 is 1.18 bits per heavy atom. The van der Waals surface area contributed by atoms with Gasteiger partial charge in [0.25, 0.3) is 5.56 Å². The first-order valence-corrected chi connectivity index (χ1v) is 11.1. The summed E-state index contributed by atoms with van der Waals surface area (Å²) in [6.07, 6.45) is 2.61. The number of carbonyl (C=O) groups excluding carboxylic acids is 1. The number of aromatic nitrogens is 3. The highest BCUT2D eigenvalue weighted by Crippen LogP contribution is 2.26. The number of fused-ring (bicyclic) bond motifs is 1. The molecule has 4 rings (SSSR count). The molecule has 1 atom stereocenters. The monoisotopic (exact) mass is 448 g/mol. The van der Waals surface area contributed by atoms with Gasteiger partial charge in [-0.15, -0.1) is 0 Å². The molecule has 33 heavy (non-hydrogen) atoms. The van der Waals surface area contributed by atoms with E-state index in [-0.39, 0.29) is 30.5 Å². The molecule has 0 radical (unpaired) electrons. The molecule has 1 aliphatic heterocycles. The van der Waals surface area contributed by atoms with Gasteiger partial charge in [-0.1, -0.05) is 43.2 Å². The molecule has 1 amide bonds. The Bertz CT molecular complexity index is 1240. The van der Waals surface area contributed by atoms with Crippen molar-refractivity contribution in [3.05, 3.63) is 70.4 Å². The molecule has 3 aromatic rings. The van der Waals surface area contributed by atoms with Gasteiger partial charge in [-0.05, 0) is 42.4 Å². The van der Waals surface area contributed by atoms with E-state index < -0.39 is 5.60 Å². The lowest BCUT2D eigenvalue weighted by Gasteiger charge is -2.38. The minimum absolute atomic E-state index is 0.0818. The number of rotatable bonds is 5. The van der Waals surface area contributed by atoms with Gasteiger partial charge in [0.05, 0.1) is 12.1 Å². The van der Waals surface area contributed by atoms with Crippen molar-refractivity contribution in [3.8, 4) is 11.8 Å². The molecule has 1 fully saturated rings. The lowest BCUT2D eigenvalue weighted by atomic mass is 9.90. The second-order valence-corrected chi connectivity index (χ2v) is 8.66. The Hall–Kier alpha value is -3.41. The second kappa shape index (κ2) is 9.61. The van der Waals surface area contributed by atoms with E-state index in [9.17, 15) is 14.7 Å². The van der Waals surface area contributed by atoms with Gasteiger partial charge in [-0.2, -0.15) is 5.10 Å². The predicted octanol–water partition coefficient (Wildman–Crippen LogP) is 1.39. The van der Waals surface area contributed by atoms with Crippen LogP contribution >= 0.6 is 0 Å². The fourth-order valence-electron chi connectivity index (χ4n) is 4.30. The van der Waals surface area contributed by atoms with Crippen LogP contribution in [0.3, 0.4) is 0 Å². The van der Waals surface area contributed by atoms with Crippen molar-refractivity contribution in [1.29, 1.82) is 0 Å². The highest BCUT2D eigenvalue weighted by atomic mass is 16.3. The van der Waals surface area contributed by atoms with Gasteiger partial charge in [0.15, 0.2) is 0 Å². The van der Waals surface area contributed by atoms with E-state index in [1.54, 1.807) is 17.0 Å². The van der Waals surface area contributed by atoms with Crippen molar-refractivity contribution >= 4 is 11.4 Å². The highest BCUT2D eigenvalue weighted by Gasteiger charge is 2.35. The number of carbonyl (C=O) groups is 1. The molecule has 172 valence electrons. The van der Waals surface area contributed by atoms with E-state index in [2.05, 4.69) is 16.9 Å². The largest absolute Gasteiger partial charge is 0.388 e. The molecule has 1 aromatic carbocycles. The van der Waals surface area contributed by atoms with Crippen LogP contribution in [0, 0.1) is 11.8 Å². The molecule has 2 N–H and O–H groups in total. The number of benzene rings is 1. The molecule has 8 nitrogen and oxygen atoms in total. The van der Waals surface area contributed by atoms with Crippen LogP contribution in [-0.2, 0) is 11.3 Å². The molecule has 2 aromatic heterocycles. The quantitative estimate of drug-likeness (QED) is 0.575. The lowest BCUT2D eigenvalue weighted by molar-refractivity contribution is -0.136. The van der Waals surface area contributed by atoms with Gasteiger partial charge in [0.2, 0.25) is 5.91 Å². The highest BCUT2D eigenvalue weighted by molar-refractivity contribution is 5.77. The molecule has 1 aliphatic rings. The zero-order chi connectivity index (χ0) is 23.4. The van der Waals surface area contributed by atoms with E-state index >= 15 is 0 Å². The molecule has 0 bridgehead atoms. The van der Waals surface area contributed by atoms with E-state index in [1.165, 1.54) is 15.4 Å². The van der Waals surface area contributed by atoms with E-state index in [1.807, 2.05) is 37.3 Å². The van der Waals surface area contributed by atoms with Crippen LogP contribution in [0.15, 0.2) is 53.6 Å². The Kier molecular flexibility index (Phi) is 6.63. The first-order chi connectivity index (χ1) is 15.9. The first kappa shape index (κ1) is 22.8. The first-order valence-electron chi connectivity index (χ1n) is 11.1. The number of hydrogen-bond acceptors (Lipinski definition) is 5. The van der Waals surface area contributed by atoms with Crippen molar-refractivity contribution in [1.82, 2.24) is 19.1 Å². The summed E-state index contributed by atoms with van der Waals surface area (Å²) in [6.45, 7) is 2.79. The molecule has 0 unspecified atom stereocenters. The Balaban J connectivity index is 1.39. The van der Waals surface area contributed by atoms with Crippen molar-refractivity contribution in [2.45, 2.75) is 44.2 Å². The number of nitrogens with zero attached hydrogens (tertiary/aromatic N) is 4. The average Bonchev–Trinajstić information content (AvgIpc) is 3.24. The van der Waals surface area contributed by atoms with Crippen LogP contribution in [-0.4, -0.2) is 60.5 Å². The molecule has 1 saturated heterocycles. The summed E-state index contributed by atoms with van der Waals surface area (Å²) in [5.41, 5.74) is 0.644. The van der Waals surface area contributed by atoms with Crippen LogP contribution in [0.1, 0.15) is 43.4 Å². The summed E-state index contributed by atoms with van der Waals surface area (Å²) in [6, 6.07) is 13.3.